The zero-order chi connectivity index (χ0) is 18.6. The standard InChI is InChI=1S/C16H17F3N4O2/c1-10-4-3-5-12(11(10)2)21-14(24)8-20-15(25)9-23-7-6-13(22-23)16(17,18)19/h3-7H,8-9H2,1-2H3,(H,20,25)(H,21,24). The Morgan fingerprint density at radius 1 is 1.16 bits per heavy atom. The van der Waals surface area contributed by atoms with Crippen LogP contribution >= 0.6 is 0 Å². The minimum Gasteiger partial charge on any atom is -0.345 e. The van der Waals surface area contributed by atoms with Gasteiger partial charge in [0.25, 0.3) is 0 Å². The Kier molecular flexibility index (Phi) is 5.45. The molecule has 1 aromatic carbocycles. The van der Waals surface area contributed by atoms with E-state index >= 15 is 0 Å². The molecule has 0 unspecified atom stereocenters. The molecule has 0 saturated heterocycles. The highest BCUT2D eigenvalue weighted by molar-refractivity contribution is 5.95. The molecule has 0 fully saturated rings. The second-order valence-electron chi connectivity index (χ2n) is 5.47. The third-order valence-electron chi connectivity index (χ3n) is 3.56. The minimum atomic E-state index is -4.56. The van der Waals surface area contributed by atoms with E-state index in [2.05, 4.69) is 15.7 Å². The van der Waals surface area contributed by atoms with Crippen molar-refractivity contribution in [3.05, 3.63) is 47.3 Å². The van der Waals surface area contributed by atoms with Gasteiger partial charge in [-0.15, -0.1) is 0 Å². The topological polar surface area (TPSA) is 76.0 Å². The second-order valence-corrected chi connectivity index (χ2v) is 5.47. The van der Waals surface area contributed by atoms with Gasteiger partial charge in [-0.1, -0.05) is 12.1 Å². The van der Waals surface area contributed by atoms with E-state index in [0.717, 1.165) is 28.1 Å². The zero-order valence-corrected chi connectivity index (χ0v) is 13.6. The number of carbonyl (C=O) groups is 2. The van der Waals surface area contributed by atoms with Crippen molar-refractivity contribution in [2.45, 2.75) is 26.6 Å². The molecule has 0 radical (unpaired) electrons. The van der Waals surface area contributed by atoms with Crippen LogP contribution in [0.15, 0.2) is 30.5 Å². The molecule has 25 heavy (non-hydrogen) atoms. The number of hydrogen-bond donors (Lipinski definition) is 2. The van der Waals surface area contributed by atoms with Gasteiger partial charge in [0.2, 0.25) is 11.8 Å². The van der Waals surface area contributed by atoms with Gasteiger partial charge in [0.05, 0.1) is 6.54 Å². The van der Waals surface area contributed by atoms with Gasteiger partial charge in [-0.05, 0) is 37.1 Å². The van der Waals surface area contributed by atoms with Gasteiger partial charge in [0.15, 0.2) is 5.69 Å². The van der Waals surface area contributed by atoms with Gasteiger partial charge in [0.1, 0.15) is 6.54 Å². The normalized spacial score (nSPS) is 11.2. The summed E-state index contributed by atoms with van der Waals surface area (Å²) in [5.41, 5.74) is 1.49. The Hall–Kier alpha value is -2.84. The molecule has 2 aromatic rings. The van der Waals surface area contributed by atoms with E-state index in [0.29, 0.717) is 5.69 Å². The summed E-state index contributed by atoms with van der Waals surface area (Å²) in [6, 6.07) is 6.23. The first-order valence-electron chi connectivity index (χ1n) is 7.40. The number of aryl methyl sites for hydroxylation is 1. The lowest BCUT2D eigenvalue weighted by molar-refractivity contribution is -0.141. The average Bonchev–Trinajstić information content (AvgIpc) is 2.98. The summed E-state index contributed by atoms with van der Waals surface area (Å²) in [5, 5.41) is 8.28. The van der Waals surface area contributed by atoms with Crippen molar-refractivity contribution in [1.29, 1.82) is 0 Å². The zero-order valence-electron chi connectivity index (χ0n) is 13.6. The molecule has 0 saturated carbocycles. The first-order valence-corrected chi connectivity index (χ1v) is 7.40. The number of benzene rings is 1. The second kappa shape index (κ2) is 7.37. The lowest BCUT2D eigenvalue weighted by atomic mass is 10.1. The number of amides is 2. The number of carbonyl (C=O) groups excluding carboxylic acids is 2. The molecule has 2 rings (SSSR count). The van der Waals surface area contributed by atoms with Gasteiger partial charge in [-0.2, -0.15) is 18.3 Å². The molecule has 0 aliphatic heterocycles. The number of rotatable bonds is 5. The maximum Gasteiger partial charge on any atom is 0.435 e. The number of alkyl halides is 3. The summed E-state index contributed by atoms with van der Waals surface area (Å²) in [4.78, 5) is 23.6. The minimum absolute atomic E-state index is 0.292. The van der Waals surface area contributed by atoms with E-state index in [1.54, 1.807) is 12.1 Å². The van der Waals surface area contributed by atoms with Crippen molar-refractivity contribution in [1.82, 2.24) is 15.1 Å². The van der Waals surface area contributed by atoms with Crippen LogP contribution in [-0.2, 0) is 22.3 Å². The van der Waals surface area contributed by atoms with Crippen LogP contribution in [0, 0.1) is 13.8 Å². The molecule has 0 atom stereocenters. The van der Waals surface area contributed by atoms with Crippen LogP contribution in [0.25, 0.3) is 0 Å². The third-order valence-corrected chi connectivity index (χ3v) is 3.56. The Morgan fingerprint density at radius 3 is 2.52 bits per heavy atom. The van der Waals surface area contributed by atoms with Crippen LogP contribution in [0.2, 0.25) is 0 Å². The number of anilines is 1. The molecule has 9 heteroatoms. The molecule has 0 bridgehead atoms. The van der Waals surface area contributed by atoms with Crippen LogP contribution in [0.5, 0.6) is 0 Å². The quantitative estimate of drug-likeness (QED) is 0.865. The smallest absolute Gasteiger partial charge is 0.345 e. The lowest BCUT2D eigenvalue weighted by Crippen LogP contribution is -2.35. The highest BCUT2D eigenvalue weighted by Gasteiger charge is 2.33. The summed E-state index contributed by atoms with van der Waals surface area (Å²) in [6.07, 6.45) is -3.51. The van der Waals surface area contributed by atoms with Gasteiger partial charge in [0, 0.05) is 11.9 Å². The Morgan fingerprint density at radius 2 is 1.88 bits per heavy atom. The first-order chi connectivity index (χ1) is 11.7. The summed E-state index contributed by atoms with van der Waals surface area (Å²) >= 11 is 0. The van der Waals surface area contributed by atoms with E-state index in [-0.39, 0.29) is 6.54 Å². The summed E-state index contributed by atoms with van der Waals surface area (Å²) < 4.78 is 38.2. The Balaban J connectivity index is 1.84. The van der Waals surface area contributed by atoms with Gasteiger partial charge < -0.3 is 10.6 Å². The maximum absolute atomic E-state index is 12.4. The monoisotopic (exact) mass is 354 g/mol. The molecule has 134 valence electrons. The molecule has 1 heterocycles. The number of nitrogens with one attached hydrogen (secondary N) is 2. The average molecular weight is 354 g/mol. The molecule has 0 aliphatic rings. The molecule has 2 amide bonds. The lowest BCUT2D eigenvalue weighted by Gasteiger charge is -2.11. The molecule has 0 aliphatic carbocycles. The van der Waals surface area contributed by atoms with Crippen LogP contribution in [0.3, 0.4) is 0 Å². The molecule has 0 spiro atoms. The van der Waals surface area contributed by atoms with Gasteiger partial charge in [-0.3, -0.25) is 14.3 Å². The fraction of sp³-hybridized carbons (Fsp3) is 0.312. The number of nitrogens with zero attached hydrogens (tertiary/aromatic N) is 2. The molecule has 2 N–H and O–H groups in total. The molecule has 6 nitrogen and oxygen atoms in total. The highest BCUT2D eigenvalue weighted by Crippen LogP contribution is 2.27. The van der Waals surface area contributed by atoms with Gasteiger partial charge >= 0.3 is 6.18 Å². The fourth-order valence-corrected chi connectivity index (χ4v) is 2.06. The van der Waals surface area contributed by atoms with Crippen LogP contribution in [0.1, 0.15) is 16.8 Å². The largest absolute Gasteiger partial charge is 0.435 e. The van der Waals surface area contributed by atoms with Gasteiger partial charge in [-0.25, -0.2) is 0 Å². The van der Waals surface area contributed by atoms with E-state index in [1.807, 2.05) is 19.9 Å². The van der Waals surface area contributed by atoms with Crippen molar-refractivity contribution in [2.24, 2.45) is 0 Å². The fourth-order valence-electron chi connectivity index (χ4n) is 2.06. The predicted octanol–water partition coefficient (Wildman–Crippen LogP) is 2.27. The predicted molar refractivity (Wildman–Crippen MR) is 84.8 cm³/mol. The van der Waals surface area contributed by atoms with Crippen LogP contribution in [0.4, 0.5) is 18.9 Å². The van der Waals surface area contributed by atoms with E-state index in [9.17, 15) is 22.8 Å². The molecular weight excluding hydrogens is 337 g/mol. The Labute approximate surface area is 142 Å². The van der Waals surface area contributed by atoms with Crippen molar-refractivity contribution < 1.29 is 22.8 Å². The van der Waals surface area contributed by atoms with Crippen molar-refractivity contribution in [2.75, 3.05) is 11.9 Å². The summed E-state index contributed by atoms with van der Waals surface area (Å²) in [7, 11) is 0. The van der Waals surface area contributed by atoms with E-state index in [1.165, 1.54) is 0 Å². The van der Waals surface area contributed by atoms with E-state index in [4.69, 9.17) is 0 Å². The number of aromatic nitrogens is 2. The van der Waals surface area contributed by atoms with Crippen molar-refractivity contribution >= 4 is 17.5 Å². The SMILES string of the molecule is Cc1cccc(NC(=O)CNC(=O)Cn2ccc(C(F)(F)F)n2)c1C. The third kappa shape index (κ3) is 5.07. The highest BCUT2D eigenvalue weighted by atomic mass is 19.4. The maximum atomic E-state index is 12.4. The van der Waals surface area contributed by atoms with Crippen molar-refractivity contribution in [3.63, 3.8) is 0 Å². The molecule has 1 aromatic heterocycles. The first kappa shape index (κ1) is 18.5. The Bertz CT molecular complexity index is 784. The number of halogens is 3. The molecular formula is C16H17F3N4O2. The van der Waals surface area contributed by atoms with Crippen molar-refractivity contribution in [3.8, 4) is 0 Å². The number of hydrogen-bond acceptors (Lipinski definition) is 3. The van der Waals surface area contributed by atoms with E-state index < -0.39 is 30.2 Å². The summed E-state index contributed by atoms with van der Waals surface area (Å²) in [5.74, 6) is -1.05. The summed E-state index contributed by atoms with van der Waals surface area (Å²) in [6.45, 7) is 3.07. The van der Waals surface area contributed by atoms with Crippen LogP contribution in [-0.4, -0.2) is 28.1 Å². The van der Waals surface area contributed by atoms with Crippen LogP contribution < -0.4 is 10.6 Å².